The van der Waals surface area contributed by atoms with E-state index in [2.05, 4.69) is 17.6 Å². The molecular formula is C15H27N3O2. The molecule has 114 valence electrons. The molecule has 1 heterocycles. The standard InChI is InChI=1S/C15H27N3O2/c1-2-13(12-6-4-3-5-7-12)17-14(19)15(20)18-10-8-16-9-11-18/h12-13,16H,2-11H2,1H3,(H,17,19). The average molecular weight is 281 g/mol. The average Bonchev–Trinajstić information content (AvgIpc) is 2.53. The van der Waals surface area contributed by atoms with Gasteiger partial charge in [-0.25, -0.2) is 0 Å². The van der Waals surface area contributed by atoms with Crippen LogP contribution >= 0.6 is 0 Å². The Bertz CT molecular complexity index is 334. The predicted molar refractivity (Wildman–Crippen MR) is 78.2 cm³/mol. The van der Waals surface area contributed by atoms with E-state index in [9.17, 15) is 9.59 Å². The summed E-state index contributed by atoms with van der Waals surface area (Å²) in [6.45, 7) is 4.91. The maximum Gasteiger partial charge on any atom is 0.311 e. The summed E-state index contributed by atoms with van der Waals surface area (Å²) in [5.41, 5.74) is 0. The van der Waals surface area contributed by atoms with Gasteiger partial charge in [-0.3, -0.25) is 9.59 Å². The highest BCUT2D eigenvalue weighted by Gasteiger charge is 2.28. The van der Waals surface area contributed by atoms with E-state index >= 15 is 0 Å². The number of carbonyl (C=O) groups excluding carboxylic acids is 2. The Hall–Kier alpha value is -1.10. The van der Waals surface area contributed by atoms with Crippen LogP contribution in [-0.2, 0) is 9.59 Å². The zero-order valence-electron chi connectivity index (χ0n) is 12.5. The highest BCUT2D eigenvalue weighted by molar-refractivity contribution is 6.35. The fourth-order valence-electron chi connectivity index (χ4n) is 3.33. The van der Waals surface area contributed by atoms with Crippen molar-refractivity contribution in [2.75, 3.05) is 26.2 Å². The molecule has 2 N–H and O–H groups in total. The van der Waals surface area contributed by atoms with Gasteiger partial charge in [0.2, 0.25) is 0 Å². The molecule has 20 heavy (non-hydrogen) atoms. The first-order chi connectivity index (χ1) is 9.72. The number of hydrogen-bond donors (Lipinski definition) is 2. The Kier molecular flexibility index (Phi) is 5.83. The Morgan fingerprint density at radius 1 is 1.20 bits per heavy atom. The molecule has 2 fully saturated rings. The smallest absolute Gasteiger partial charge is 0.311 e. The fourth-order valence-corrected chi connectivity index (χ4v) is 3.33. The minimum atomic E-state index is -0.413. The summed E-state index contributed by atoms with van der Waals surface area (Å²) in [6, 6.07) is 0.162. The minimum Gasteiger partial charge on any atom is -0.345 e. The van der Waals surface area contributed by atoms with Gasteiger partial charge in [0.1, 0.15) is 0 Å². The lowest BCUT2D eigenvalue weighted by Crippen LogP contribution is -2.53. The summed E-state index contributed by atoms with van der Waals surface area (Å²) >= 11 is 0. The molecule has 0 aromatic heterocycles. The van der Waals surface area contributed by atoms with Gasteiger partial charge < -0.3 is 15.5 Å². The van der Waals surface area contributed by atoms with Crippen LogP contribution in [0.1, 0.15) is 45.4 Å². The van der Waals surface area contributed by atoms with Crippen molar-refractivity contribution in [3.05, 3.63) is 0 Å². The fraction of sp³-hybridized carbons (Fsp3) is 0.867. The molecule has 0 bridgehead atoms. The van der Waals surface area contributed by atoms with Gasteiger partial charge in [-0.1, -0.05) is 26.2 Å². The minimum absolute atomic E-state index is 0.162. The molecule has 5 heteroatoms. The quantitative estimate of drug-likeness (QED) is 0.755. The monoisotopic (exact) mass is 281 g/mol. The van der Waals surface area contributed by atoms with Crippen molar-refractivity contribution in [1.29, 1.82) is 0 Å². The van der Waals surface area contributed by atoms with Gasteiger partial charge >= 0.3 is 11.8 Å². The van der Waals surface area contributed by atoms with Crippen molar-refractivity contribution in [2.45, 2.75) is 51.5 Å². The van der Waals surface area contributed by atoms with Crippen LogP contribution in [0, 0.1) is 5.92 Å². The van der Waals surface area contributed by atoms with Gasteiger partial charge in [0.15, 0.2) is 0 Å². The molecule has 0 aromatic rings. The van der Waals surface area contributed by atoms with Crippen LogP contribution in [0.25, 0.3) is 0 Å². The first-order valence-electron chi connectivity index (χ1n) is 8.03. The third kappa shape index (κ3) is 3.95. The van der Waals surface area contributed by atoms with Gasteiger partial charge in [-0.15, -0.1) is 0 Å². The van der Waals surface area contributed by atoms with Crippen LogP contribution < -0.4 is 10.6 Å². The van der Waals surface area contributed by atoms with Crippen molar-refractivity contribution < 1.29 is 9.59 Å². The Labute approximate surface area is 121 Å². The topological polar surface area (TPSA) is 61.4 Å². The molecule has 1 aliphatic heterocycles. The van der Waals surface area contributed by atoms with Crippen molar-refractivity contribution in [3.8, 4) is 0 Å². The SMILES string of the molecule is CCC(NC(=O)C(=O)N1CCNCC1)C1CCCCC1. The largest absolute Gasteiger partial charge is 0.345 e. The Balaban J connectivity index is 1.85. The number of carbonyl (C=O) groups is 2. The van der Waals surface area contributed by atoms with E-state index in [0.29, 0.717) is 19.0 Å². The first-order valence-corrected chi connectivity index (χ1v) is 8.03. The third-order valence-corrected chi connectivity index (χ3v) is 4.57. The number of piperazine rings is 1. The first kappa shape index (κ1) is 15.3. The molecule has 1 saturated carbocycles. The molecule has 0 radical (unpaired) electrons. The lowest BCUT2D eigenvalue weighted by Gasteiger charge is -2.31. The summed E-state index contributed by atoms with van der Waals surface area (Å²) in [5, 5.41) is 6.17. The normalized spacial score (nSPS) is 22.4. The van der Waals surface area contributed by atoms with Crippen molar-refractivity contribution >= 4 is 11.8 Å². The van der Waals surface area contributed by atoms with Crippen LogP contribution in [0.2, 0.25) is 0 Å². The Morgan fingerprint density at radius 3 is 2.45 bits per heavy atom. The number of hydrogen-bond acceptors (Lipinski definition) is 3. The van der Waals surface area contributed by atoms with E-state index < -0.39 is 5.91 Å². The van der Waals surface area contributed by atoms with Crippen LogP contribution in [0.3, 0.4) is 0 Å². The second-order valence-corrected chi connectivity index (χ2v) is 5.93. The second-order valence-electron chi connectivity index (χ2n) is 5.93. The third-order valence-electron chi connectivity index (χ3n) is 4.57. The summed E-state index contributed by atoms with van der Waals surface area (Å²) in [4.78, 5) is 25.9. The van der Waals surface area contributed by atoms with Crippen LogP contribution in [0.5, 0.6) is 0 Å². The molecular weight excluding hydrogens is 254 g/mol. The van der Waals surface area contributed by atoms with Crippen molar-refractivity contribution in [2.24, 2.45) is 5.92 Å². The summed E-state index contributed by atoms with van der Waals surface area (Å²) in [6.07, 6.45) is 7.08. The molecule has 5 nitrogen and oxygen atoms in total. The number of rotatable bonds is 3. The lowest BCUT2D eigenvalue weighted by atomic mass is 9.83. The molecule has 1 unspecified atom stereocenters. The summed E-state index contributed by atoms with van der Waals surface area (Å²) in [7, 11) is 0. The van der Waals surface area contributed by atoms with E-state index in [0.717, 1.165) is 19.5 Å². The molecule has 2 amide bonds. The molecule has 2 aliphatic rings. The lowest BCUT2D eigenvalue weighted by molar-refractivity contribution is -0.146. The molecule has 0 aromatic carbocycles. The van der Waals surface area contributed by atoms with E-state index in [4.69, 9.17) is 0 Å². The van der Waals surface area contributed by atoms with Crippen molar-refractivity contribution in [3.63, 3.8) is 0 Å². The number of amides is 2. The summed E-state index contributed by atoms with van der Waals surface area (Å²) < 4.78 is 0. The van der Waals surface area contributed by atoms with Crippen molar-refractivity contribution in [1.82, 2.24) is 15.5 Å². The maximum absolute atomic E-state index is 12.1. The van der Waals surface area contributed by atoms with Gasteiger partial charge in [-0.05, 0) is 25.2 Å². The number of nitrogens with one attached hydrogen (secondary N) is 2. The molecule has 0 spiro atoms. The Morgan fingerprint density at radius 2 is 1.85 bits per heavy atom. The van der Waals surface area contributed by atoms with Gasteiger partial charge in [0.05, 0.1) is 0 Å². The van der Waals surface area contributed by atoms with E-state index in [1.165, 1.54) is 32.1 Å². The zero-order chi connectivity index (χ0) is 14.4. The van der Waals surface area contributed by atoms with Gasteiger partial charge in [0.25, 0.3) is 0 Å². The van der Waals surface area contributed by atoms with Gasteiger partial charge in [0, 0.05) is 32.2 Å². The van der Waals surface area contributed by atoms with Crippen LogP contribution in [0.15, 0.2) is 0 Å². The summed E-state index contributed by atoms with van der Waals surface area (Å²) in [5.74, 6) is -0.224. The van der Waals surface area contributed by atoms with Gasteiger partial charge in [-0.2, -0.15) is 0 Å². The molecule has 1 atom stereocenters. The highest BCUT2D eigenvalue weighted by Crippen LogP contribution is 2.27. The molecule has 2 rings (SSSR count). The van der Waals surface area contributed by atoms with E-state index in [-0.39, 0.29) is 11.9 Å². The molecule has 1 aliphatic carbocycles. The highest BCUT2D eigenvalue weighted by atomic mass is 16.2. The predicted octanol–water partition coefficient (Wildman–Crippen LogP) is 0.893. The van der Waals surface area contributed by atoms with Crippen LogP contribution in [-0.4, -0.2) is 48.9 Å². The van der Waals surface area contributed by atoms with Crippen LogP contribution in [0.4, 0.5) is 0 Å². The van der Waals surface area contributed by atoms with E-state index in [1.54, 1.807) is 4.90 Å². The van der Waals surface area contributed by atoms with E-state index in [1.807, 2.05) is 0 Å². The number of nitrogens with zero attached hydrogens (tertiary/aromatic N) is 1. The molecule has 1 saturated heterocycles. The zero-order valence-corrected chi connectivity index (χ0v) is 12.5. The second kappa shape index (κ2) is 7.62. The maximum atomic E-state index is 12.1.